The van der Waals surface area contributed by atoms with Gasteiger partial charge in [-0.25, -0.2) is 0 Å². The van der Waals surface area contributed by atoms with E-state index in [1.165, 1.54) is 12.1 Å². The van der Waals surface area contributed by atoms with Crippen molar-refractivity contribution in [3.05, 3.63) is 29.8 Å². The maximum Gasteiger partial charge on any atom is 0.171 e. The van der Waals surface area contributed by atoms with Crippen LogP contribution >= 0.6 is 0 Å². The predicted octanol–water partition coefficient (Wildman–Crippen LogP) is 1.41. The van der Waals surface area contributed by atoms with E-state index in [4.69, 9.17) is 5.73 Å². The largest absolute Gasteiger partial charge is 0.326 e. The van der Waals surface area contributed by atoms with E-state index in [0.717, 1.165) is 5.56 Å². The fraction of sp³-hybridized carbons (Fsp3) is 0.143. The Morgan fingerprint density at radius 1 is 1.30 bits per heavy atom. The van der Waals surface area contributed by atoms with Gasteiger partial charge in [0.1, 0.15) is 0 Å². The Kier molecular flexibility index (Phi) is 2.23. The lowest BCUT2D eigenvalue weighted by molar-refractivity contribution is -0.00622. The van der Waals surface area contributed by atoms with Crippen molar-refractivity contribution in [2.24, 2.45) is 5.73 Å². The van der Waals surface area contributed by atoms with E-state index in [1.807, 2.05) is 0 Å². The molecule has 2 nitrogen and oxygen atoms in total. The molecule has 1 aromatic carbocycles. The van der Waals surface area contributed by atoms with Crippen LogP contribution in [0.4, 0.5) is 4.53 Å². The van der Waals surface area contributed by atoms with Crippen LogP contribution < -0.4 is 10.7 Å². The van der Waals surface area contributed by atoms with E-state index < -0.39 is 0 Å². The van der Waals surface area contributed by atoms with Crippen LogP contribution in [0.25, 0.3) is 0 Å². The molecule has 0 bridgehead atoms. The quantitative estimate of drug-likeness (QED) is 0.675. The maximum absolute atomic E-state index is 11.4. The molecule has 0 amide bonds. The fourth-order valence-corrected chi connectivity index (χ4v) is 0.677. The Hall–Kier alpha value is -1.09. The van der Waals surface area contributed by atoms with Crippen LogP contribution in [0.5, 0.6) is 5.75 Å². The second-order valence-corrected chi connectivity index (χ2v) is 1.93. The first-order valence-electron chi connectivity index (χ1n) is 2.94. The number of hydrogen-bond acceptors (Lipinski definition) is 2. The number of benzene rings is 1. The van der Waals surface area contributed by atoms with Crippen LogP contribution in [0.3, 0.4) is 0 Å². The first-order chi connectivity index (χ1) is 4.86. The Morgan fingerprint density at radius 2 is 1.90 bits per heavy atom. The summed E-state index contributed by atoms with van der Waals surface area (Å²) in [4.78, 5) is 3.47. The highest BCUT2D eigenvalue weighted by molar-refractivity contribution is 5.26. The number of hydrogen-bond donors (Lipinski definition) is 1. The summed E-state index contributed by atoms with van der Waals surface area (Å²) in [6.07, 6.45) is 0. The van der Waals surface area contributed by atoms with Gasteiger partial charge in [-0.3, -0.25) is 4.94 Å². The third kappa shape index (κ3) is 1.45. The second kappa shape index (κ2) is 3.17. The van der Waals surface area contributed by atoms with Gasteiger partial charge in [0.2, 0.25) is 0 Å². The summed E-state index contributed by atoms with van der Waals surface area (Å²) in [7, 11) is 0. The SMILES string of the molecule is NCc1ccc(OF)cc1. The van der Waals surface area contributed by atoms with E-state index >= 15 is 0 Å². The molecule has 0 aliphatic rings. The molecule has 54 valence electrons. The Labute approximate surface area is 58.3 Å². The topological polar surface area (TPSA) is 35.2 Å². The van der Waals surface area contributed by atoms with E-state index in [0.29, 0.717) is 6.54 Å². The van der Waals surface area contributed by atoms with Gasteiger partial charge in [0.15, 0.2) is 5.75 Å². The normalized spacial score (nSPS) is 9.40. The molecule has 2 N–H and O–H groups in total. The number of rotatable bonds is 2. The van der Waals surface area contributed by atoms with Crippen molar-refractivity contribution in [3.8, 4) is 5.75 Å². The lowest BCUT2D eigenvalue weighted by atomic mass is 10.2. The molecule has 0 radical (unpaired) electrons. The molecule has 0 atom stereocenters. The van der Waals surface area contributed by atoms with E-state index in [-0.39, 0.29) is 5.75 Å². The van der Waals surface area contributed by atoms with Crippen LogP contribution in [0.1, 0.15) is 5.56 Å². The number of halogens is 1. The third-order valence-corrected chi connectivity index (χ3v) is 1.25. The summed E-state index contributed by atoms with van der Waals surface area (Å²) in [5.74, 6) is 0.206. The zero-order chi connectivity index (χ0) is 7.40. The smallest absolute Gasteiger partial charge is 0.171 e. The van der Waals surface area contributed by atoms with Crippen molar-refractivity contribution < 1.29 is 9.47 Å². The van der Waals surface area contributed by atoms with Crippen molar-refractivity contribution >= 4 is 0 Å². The summed E-state index contributed by atoms with van der Waals surface area (Å²) in [5, 5.41) is 0. The minimum atomic E-state index is 0.206. The Bertz CT molecular complexity index is 174. The van der Waals surface area contributed by atoms with Crippen molar-refractivity contribution in [3.63, 3.8) is 0 Å². The zero-order valence-corrected chi connectivity index (χ0v) is 5.38. The summed E-state index contributed by atoms with van der Waals surface area (Å²) in [6.45, 7) is 0.465. The zero-order valence-electron chi connectivity index (χ0n) is 5.38. The molecule has 0 heterocycles. The van der Waals surface area contributed by atoms with Crippen LogP contribution in [0, 0.1) is 0 Å². The lowest BCUT2D eigenvalue weighted by Crippen LogP contribution is -1.94. The first kappa shape index (κ1) is 7.02. The van der Waals surface area contributed by atoms with Gasteiger partial charge in [0, 0.05) is 11.1 Å². The minimum absolute atomic E-state index is 0.206. The van der Waals surface area contributed by atoms with Crippen LogP contribution in [-0.4, -0.2) is 0 Å². The Morgan fingerprint density at radius 3 is 2.30 bits per heavy atom. The molecule has 1 aromatic rings. The van der Waals surface area contributed by atoms with Gasteiger partial charge in [0.05, 0.1) is 0 Å². The van der Waals surface area contributed by atoms with Gasteiger partial charge in [-0.05, 0) is 17.7 Å². The van der Waals surface area contributed by atoms with Crippen molar-refractivity contribution in [2.75, 3.05) is 0 Å². The van der Waals surface area contributed by atoms with Crippen molar-refractivity contribution in [2.45, 2.75) is 6.54 Å². The molecule has 0 saturated heterocycles. The summed E-state index contributed by atoms with van der Waals surface area (Å²) in [6, 6.07) is 6.49. The fourth-order valence-electron chi connectivity index (χ4n) is 0.677. The monoisotopic (exact) mass is 141 g/mol. The minimum Gasteiger partial charge on any atom is -0.326 e. The maximum atomic E-state index is 11.4. The molecule has 0 saturated carbocycles. The van der Waals surface area contributed by atoms with Crippen molar-refractivity contribution in [1.29, 1.82) is 0 Å². The standard InChI is InChI=1S/C7H8FNO/c8-10-7-3-1-6(5-9)2-4-7/h1-4H,5,9H2. The molecule has 0 aromatic heterocycles. The van der Waals surface area contributed by atoms with E-state index in [1.54, 1.807) is 12.1 Å². The summed E-state index contributed by atoms with van der Waals surface area (Å²) < 4.78 is 11.4. The molecule has 10 heavy (non-hydrogen) atoms. The van der Waals surface area contributed by atoms with Crippen LogP contribution in [-0.2, 0) is 6.54 Å². The molecular weight excluding hydrogens is 133 g/mol. The average Bonchev–Trinajstić information content (AvgIpc) is 2.05. The molecular formula is C7H8FNO. The highest BCUT2D eigenvalue weighted by Crippen LogP contribution is 2.11. The van der Waals surface area contributed by atoms with Gasteiger partial charge in [-0.15, -0.1) is 0 Å². The second-order valence-electron chi connectivity index (χ2n) is 1.93. The molecule has 3 heteroatoms. The molecule has 0 unspecified atom stereocenters. The number of nitrogens with two attached hydrogens (primary N) is 1. The molecule has 0 fully saturated rings. The Balaban J connectivity index is 2.80. The third-order valence-electron chi connectivity index (χ3n) is 1.25. The van der Waals surface area contributed by atoms with E-state index in [9.17, 15) is 4.53 Å². The van der Waals surface area contributed by atoms with Gasteiger partial charge in [-0.2, -0.15) is 0 Å². The first-order valence-corrected chi connectivity index (χ1v) is 2.94. The molecule has 0 aliphatic carbocycles. The summed E-state index contributed by atoms with van der Waals surface area (Å²) in [5.41, 5.74) is 6.27. The highest BCUT2D eigenvalue weighted by atomic mass is 19.3. The highest BCUT2D eigenvalue weighted by Gasteiger charge is 1.91. The summed E-state index contributed by atoms with van der Waals surface area (Å²) >= 11 is 0. The van der Waals surface area contributed by atoms with Gasteiger partial charge in [-0.1, -0.05) is 12.1 Å². The average molecular weight is 141 g/mol. The lowest BCUT2D eigenvalue weighted by Gasteiger charge is -1.95. The van der Waals surface area contributed by atoms with Gasteiger partial charge < -0.3 is 5.73 Å². The predicted molar refractivity (Wildman–Crippen MR) is 36.1 cm³/mol. The van der Waals surface area contributed by atoms with E-state index in [2.05, 4.69) is 4.94 Å². The molecule has 1 rings (SSSR count). The molecule has 0 spiro atoms. The van der Waals surface area contributed by atoms with Crippen LogP contribution in [0.15, 0.2) is 24.3 Å². The molecule has 0 aliphatic heterocycles. The van der Waals surface area contributed by atoms with Gasteiger partial charge >= 0.3 is 0 Å². The van der Waals surface area contributed by atoms with Crippen molar-refractivity contribution in [1.82, 2.24) is 0 Å². The van der Waals surface area contributed by atoms with Gasteiger partial charge in [0.25, 0.3) is 0 Å². The van der Waals surface area contributed by atoms with Crippen LogP contribution in [0.2, 0.25) is 0 Å².